The molecule has 2 unspecified atom stereocenters. The molecule has 66 heavy (non-hydrogen) atoms. The van der Waals surface area contributed by atoms with E-state index in [1.54, 1.807) is 0 Å². The standard InChI is InChI=1S/C65H43N/c1-40-38-57-62(52-28-11-15-32-56(52)65(57)54-30-13-9-22-46(54)47-23-10-14-31-55(47)65)63-53-29-12-16-33-58(53)66-64(59(40)63)45-21-17-20-44(39-45)61-50-26-7-5-24-48(50)60(49-25-6-8-27-51(49)61)43-36-34-42(35-37-43)41-18-3-2-4-19-41/h2-40,59H,1H3. The lowest BCUT2D eigenvalue weighted by molar-refractivity contribution is 0.632. The van der Waals surface area contributed by atoms with Gasteiger partial charge in [0.15, 0.2) is 0 Å². The van der Waals surface area contributed by atoms with E-state index in [0.29, 0.717) is 0 Å². The van der Waals surface area contributed by atoms with Crippen molar-refractivity contribution in [3.05, 3.63) is 269 Å². The molecule has 4 aliphatic rings. The number of allylic oxidation sites excluding steroid dienone is 4. The summed E-state index contributed by atoms with van der Waals surface area (Å²) in [5, 5.41) is 5.00. The van der Waals surface area contributed by atoms with Crippen molar-refractivity contribution in [3.8, 4) is 44.5 Å². The van der Waals surface area contributed by atoms with E-state index in [4.69, 9.17) is 4.99 Å². The number of fused-ring (bicyclic) bond motifs is 15. The summed E-state index contributed by atoms with van der Waals surface area (Å²) in [6, 6.07) is 83.4. The van der Waals surface area contributed by atoms with Gasteiger partial charge in [0.2, 0.25) is 0 Å². The first-order chi connectivity index (χ1) is 32.7. The fourth-order valence-corrected chi connectivity index (χ4v) is 12.6. The maximum Gasteiger partial charge on any atom is 0.0722 e. The van der Waals surface area contributed by atoms with E-state index >= 15 is 0 Å². The minimum Gasteiger partial charge on any atom is -0.252 e. The van der Waals surface area contributed by atoms with E-state index in [-0.39, 0.29) is 11.8 Å². The Morgan fingerprint density at radius 2 is 0.833 bits per heavy atom. The van der Waals surface area contributed by atoms with Crippen LogP contribution in [0, 0.1) is 11.8 Å². The molecule has 0 N–H and O–H groups in total. The van der Waals surface area contributed by atoms with Crippen LogP contribution >= 0.6 is 0 Å². The number of benzene rings is 10. The summed E-state index contributed by atoms with van der Waals surface area (Å²) in [6.45, 7) is 2.43. The molecule has 0 bridgehead atoms. The second-order valence-corrected chi connectivity index (χ2v) is 18.5. The van der Waals surface area contributed by atoms with Crippen molar-refractivity contribution in [2.75, 3.05) is 0 Å². The van der Waals surface area contributed by atoms with Crippen LogP contribution < -0.4 is 0 Å². The monoisotopic (exact) mass is 837 g/mol. The molecule has 10 aromatic rings. The van der Waals surface area contributed by atoms with Crippen molar-refractivity contribution < 1.29 is 0 Å². The molecule has 1 spiro atoms. The second kappa shape index (κ2) is 14.2. The Balaban J connectivity index is 0.961. The van der Waals surface area contributed by atoms with Crippen molar-refractivity contribution in [2.24, 2.45) is 16.8 Å². The van der Waals surface area contributed by atoms with Gasteiger partial charge in [0, 0.05) is 11.5 Å². The molecular formula is C65H43N. The Labute approximate surface area is 385 Å². The van der Waals surface area contributed by atoms with Crippen LogP contribution in [-0.4, -0.2) is 5.71 Å². The SMILES string of the molecule is CC1C=C2C(=C3c4ccccc4N=C(c4cccc(-c5c6ccccc6c(-c6ccc(-c7ccccc7)cc6)c6ccccc56)c4)C31)c1ccccc1C21c2ccccc2-c2ccccc21. The Morgan fingerprint density at radius 3 is 1.47 bits per heavy atom. The third kappa shape index (κ3) is 5.09. The highest BCUT2D eigenvalue weighted by atomic mass is 14.8. The van der Waals surface area contributed by atoms with Gasteiger partial charge >= 0.3 is 0 Å². The highest BCUT2D eigenvalue weighted by Gasteiger charge is 2.56. The molecule has 3 aliphatic carbocycles. The maximum absolute atomic E-state index is 5.68. The first-order valence-electron chi connectivity index (χ1n) is 23.3. The number of para-hydroxylation sites is 1. The maximum atomic E-state index is 5.68. The predicted molar refractivity (Wildman–Crippen MR) is 276 cm³/mol. The molecule has 1 nitrogen and oxygen atoms in total. The van der Waals surface area contributed by atoms with Crippen molar-refractivity contribution in [1.29, 1.82) is 0 Å². The lowest BCUT2D eigenvalue weighted by Gasteiger charge is -2.39. The van der Waals surface area contributed by atoms with Gasteiger partial charge in [-0.1, -0.05) is 225 Å². The quantitative estimate of drug-likeness (QED) is 0.157. The van der Waals surface area contributed by atoms with Gasteiger partial charge in [0.1, 0.15) is 0 Å². The van der Waals surface area contributed by atoms with Crippen LogP contribution in [-0.2, 0) is 5.41 Å². The number of hydrogen-bond acceptors (Lipinski definition) is 1. The Morgan fingerprint density at radius 1 is 0.379 bits per heavy atom. The van der Waals surface area contributed by atoms with Gasteiger partial charge in [0.05, 0.1) is 16.8 Å². The van der Waals surface area contributed by atoms with Crippen molar-refractivity contribution in [3.63, 3.8) is 0 Å². The summed E-state index contributed by atoms with van der Waals surface area (Å²) in [7, 11) is 0. The molecular weight excluding hydrogens is 795 g/mol. The molecule has 1 heteroatoms. The van der Waals surface area contributed by atoms with Gasteiger partial charge < -0.3 is 0 Å². The number of rotatable bonds is 4. The third-order valence-electron chi connectivity index (χ3n) is 15.2. The zero-order valence-electron chi connectivity index (χ0n) is 36.5. The lowest BCUT2D eigenvalue weighted by atomic mass is 9.64. The summed E-state index contributed by atoms with van der Waals surface area (Å²) >= 11 is 0. The summed E-state index contributed by atoms with van der Waals surface area (Å²) in [5.41, 5.74) is 23.9. The average molecular weight is 838 g/mol. The summed E-state index contributed by atoms with van der Waals surface area (Å²) in [4.78, 5) is 5.68. The van der Waals surface area contributed by atoms with E-state index in [9.17, 15) is 0 Å². The first-order valence-corrected chi connectivity index (χ1v) is 23.3. The molecule has 1 heterocycles. The van der Waals surface area contributed by atoms with Crippen LogP contribution in [0.4, 0.5) is 5.69 Å². The molecule has 2 atom stereocenters. The van der Waals surface area contributed by atoms with Crippen LogP contribution in [0.1, 0.15) is 40.3 Å². The minimum absolute atomic E-state index is 0.0544. The molecule has 0 saturated heterocycles. The van der Waals surface area contributed by atoms with E-state index in [0.717, 1.165) is 11.4 Å². The van der Waals surface area contributed by atoms with Crippen LogP contribution in [0.15, 0.2) is 241 Å². The molecule has 308 valence electrons. The Kier molecular flexibility index (Phi) is 8.01. The van der Waals surface area contributed by atoms with E-state index in [1.807, 2.05) is 0 Å². The largest absolute Gasteiger partial charge is 0.252 e. The zero-order valence-corrected chi connectivity index (χ0v) is 36.5. The molecule has 10 aromatic carbocycles. The van der Waals surface area contributed by atoms with Gasteiger partial charge in [-0.2, -0.15) is 0 Å². The van der Waals surface area contributed by atoms with Crippen molar-refractivity contribution >= 4 is 44.1 Å². The van der Waals surface area contributed by atoms with Crippen LogP contribution in [0.3, 0.4) is 0 Å². The fourth-order valence-electron chi connectivity index (χ4n) is 12.6. The van der Waals surface area contributed by atoms with Gasteiger partial charge in [-0.05, 0) is 129 Å². The van der Waals surface area contributed by atoms with Crippen molar-refractivity contribution in [1.82, 2.24) is 0 Å². The summed E-state index contributed by atoms with van der Waals surface area (Å²) in [5.74, 6) is 0.230. The van der Waals surface area contributed by atoms with Gasteiger partial charge in [-0.3, -0.25) is 4.99 Å². The normalized spacial score (nSPS) is 17.1. The predicted octanol–water partition coefficient (Wildman–Crippen LogP) is 16.6. The molecule has 0 aromatic heterocycles. The second-order valence-electron chi connectivity index (χ2n) is 18.5. The topological polar surface area (TPSA) is 12.4 Å². The zero-order chi connectivity index (χ0) is 43.5. The molecule has 0 fully saturated rings. The first kappa shape index (κ1) is 37.3. The Hall–Kier alpha value is -8.13. The van der Waals surface area contributed by atoms with E-state index in [2.05, 4.69) is 237 Å². The average Bonchev–Trinajstić information content (AvgIpc) is 3.85. The third-order valence-corrected chi connectivity index (χ3v) is 15.2. The van der Waals surface area contributed by atoms with Crippen molar-refractivity contribution in [2.45, 2.75) is 12.3 Å². The summed E-state index contributed by atoms with van der Waals surface area (Å²) < 4.78 is 0. The number of hydrogen-bond donors (Lipinski definition) is 0. The molecule has 0 radical (unpaired) electrons. The van der Waals surface area contributed by atoms with E-state index in [1.165, 1.54) is 116 Å². The Bertz CT molecular complexity index is 3670. The minimum atomic E-state index is -0.396. The fraction of sp³-hybridized carbons (Fsp3) is 0.0615. The van der Waals surface area contributed by atoms with Gasteiger partial charge in [0.25, 0.3) is 0 Å². The molecule has 1 aliphatic heterocycles. The van der Waals surface area contributed by atoms with Crippen LogP contribution in [0.25, 0.3) is 77.2 Å². The number of aliphatic imine (C=N–C) groups is 1. The van der Waals surface area contributed by atoms with E-state index < -0.39 is 5.41 Å². The molecule has 14 rings (SSSR count). The van der Waals surface area contributed by atoms with Gasteiger partial charge in [-0.15, -0.1) is 0 Å². The highest BCUT2D eigenvalue weighted by Crippen LogP contribution is 2.67. The number of nitrogens with zero attached hydrogens (tertiary/aromatic N) is 1. The lowest BCUT2D eigenvalue weighted by Crippen LogP contribution is -2.32. The van der Waals surface area contributed by atoms with Crippen LogP contribution in [0.2, 0.25) is 0 Å². The highest BCUT2D eigenvalue weighted by molar-refractivity contribution is 6.24. The van der Waals surface area contributed by atoms with Gasteiger partial charge in [-0.25, -0.2) is 0 Å². The molecule has 0 amide bonds. The summed E-state index contributed by atoms with van der Waals surface area (Å²) in [6.07, 6.45) is 2.63. The molecule has 0 saturated carbocycles. The smallest absolute Gasteiger partial charge is 0.0722 e. The van der Waals surface area contributed by atoms with Crippen LogP contribution in [0.5, 0.6) is 0 Å².